The van der Waals surface area contributed by atoms with Crippen LogP contribution < -0.4 is 19.4 Å². The molecule has 0 amide bonds. The molecule has 1 aromatic heterocycles. The van der Waals surface area contributed by atoms with E-state index in [0.29, 0.717) is 6.04 Å². The normalized spacial score (nSPS) is 20.4. The van der Waals surface area contributed by atoms with E-state index in [4.69, 9.17) is 9.72 Å². The molecule has 0 saturated carbocycles. The summed E-state index contributed by atoms with van der Waals surface area (Å²) in [4.78, 5) is 11.9. The van der Waals surface area contributed by atoms with Crippen LogP contribution in [0.25, 0.3) is 0 Å². The maximum Gasteiger partial charge on any atom is 0.247 e. The minimum atomic E-state index is 0.570. The van der Waals surface area contributed by atoms with Crippen molar-refractivity contribution in [3.63, 3.8) is 0 Å². The van der Waals surface area contributed by atoms with Crippen LogP contribution in [0.5, 0.6) is 5.75 Å². The smallest absolute Gasteiger partial charge is 0.247 e. The Balaban J connectivity index is 1.45. The number of piperazine rings is 1. The molecule has 4 rings (SSSR count). The predicted octanol–water partition coefficient (Wildman–Crippen LogP) is 2.98. The van der Waals surface area contributed by atoms with Crippen LogP contribution in [-0.2, 0) is 0 Å². The van der Waals surface area contributed by atoms with Crippen LogP contribution in [-0.4, -0.2) is 61.1 Å². The zero-order chi connectivity index (χ0) is 19.3. The van der Waals surface area contributed by atoms with E-state index in [-0.39, 0.29) is 0 Å². The Bertz CT molecular complexity index is 777. The van der Waals surface area contributed by atoms with Gasteiger partial charge in [0.15, 0.2) is 5.82 Å². The van der Waals surface area contributed by atoms with Crippen molar-refractivity contribution in [2.24, 2.45) is 0 Å². The molecule has 0 radical (unpaired) electrons. The molecule has 0 aliphatic carbocycles. The van der Waals surface area contributed by atoms with E-state index in [9.17, 15) is 0 Å². The maximum absolute atomic E-state index is 5.52. The number of rotatable bonds is 5. The maximum atomic E-state index is 5.52. The van der Waals surface area contributed by atoms with Gasteiger partial charge in [-0.05, 0) is 37.8 Å². The molecule has 2 aliphatic rings. The molecule has 3 heterocycles. The van der Waals surface area contributed by atoms with Gasteiger partial charge in [-0.15, -0.1) is 5.10 Å². The first-order valence-corrected chi connectivity index (χ1v) is 10.4. The molecule has 1 unspecified atom stereocenters. The van der Waals surface area contributed by atoms with Crippen molar-refractivity contribution in [1.29, 1.82) is 0 Å². The summed E-state index contributed by atoms with van der Waals surface area (Å²) < 4.78 is 5.52. The molecule has 0 N–H and O–H groups in total. The average Bonchev–Trinajstić information content (AvgIpc) is 2.79. The molecule has 2 aliphatic heterocycles. The van der Waals surface area contributed by atoms with Gasteiger partial charge < -0.3 is 19.4 Å². The number of nitrogens with zero attached hydrogens (tertiary/aromatic N) is 6. The first-order valence-electron chi connectivity index (χ1n) is 10.4. The van der Waals surface area contributed by atoms with E-state index >= 15 is 0 Å². The highest BCUT2D eigenvalue weighted by molar-refractivity contribution is 5.59. The first kappa shape index (κ1) is 18.8. The van der Waals surface area contributed by atoms with Gasteiger partial charge in [0, 0.05) is 38.8 Å². The van der Waals surface area contributed by atoms with Gasteiger partial charge in [0.2, 0.25) is 5.95 Å². The second kappa shape index (κ2) is 8.63. The number of hydrogen-bond acceptors (Lipinski definition) is 7. The monoisotopic (exact) mass is 382 g/mol. The lowest BCUT2D eigenvalue weighted by molar-refractivity contribution is 0.413. The van der Waals surface area contributed by atoms with Gasteiger partial charge in [-0.25, -0.2) is 0 Å². The highest BCUT2D eigenvalue weighted by Gasteiger charge is 2.25. The summed E-state index contributed by atoms with van der Waals surface area (Å²) in [6.45, 7) is 6.90. The molecule has 7 nitrogen and oxygen atoms in total. The van der Waals surface area contributed by atoms with Gasteiger partial charge in [0.25, 0.3) is 0 Å². The fourth-order valence-electron chi connectivity index (χ4n) is 4.32. The Labute approximate surface area is 167 Å². The third kappa shape index (κ3) is 3.84. The molecule has 150 valence electrons. The summed E-state index contributed by atoms with van der Waals surface area (Å²) in [6, 6.07) is 8.77. The van der Waals surface area contributed by atoms with Crippen molar-refractivity contribution in [2.45, 2.75) is 38.6 Å². The van der Waals surface area contributed by atoms with Crippen molar-refractivity contribution in [3.8, 4) is 5.75 Å². The SMILES string of the molecule is CCC1CCCCN1c1cnnc(N2CCN(c3ccccc3OC)CC2)n1. The number of piperidine rings is 1. The topological polar surface area (TPSA) is 57.6 Å². The van der Waals surface area contributed by atoms with E-state index in [1.807, 2.05) is 18.3 Å². The Morgan fingerprint density at radius 3 is 2.61 bits per heavy atom. The molecule has 7 heteroatoms. The molecule has 28 heavy (non-hydrogen) atoms. The lowest BCUT2D eigenvalue weighted by Gasteiger charge is -2.38. The van der Waals surface area contributed by atoms with Crippen molar-refractivity contribution in [3.05, 3.63) is 30.5 Å². The molecule has 0 bridgehead atoms. The quantitative estimate of drug-likeness (QED) is 0.788. The van der Waals surface area contributed by atoms with Gasteiger partial charge in [0.05, 0.1) is 19.0 Å². The first-order chi connectivity index (χ1) is 13.8. The predicted molar refractivity (Wildman–Crippen MR) is 113 cm³/mol. The Hall–Kier alpha value is -2.57. The van der Waals surface area contributed by atoms with Crippen molar-refractivity contribution in [1.82, 2.24) is 15.2 Å². The number of methoxy groups -OCH3 is 1. The average molecular weight is 383 g/mol. The molecular weight excluding hydrogens is 352 g/mol. The minimum Gasteiger partial charge on any atom is -0.495 e. The summed E-state index contributed by atoms with van der Waals surface area (Å²) in [5.41, 5.74) is 1.15. The number of anilines is 3. The zero-order valence-electron chi connectivity index (χ0n) is 16.9. The van der Waals surface area contributed by atoms with Gasteiger partial charge in [-0.3, -0.25) is 0 Å². The zero-order valence-corrected chi connectivity index (χ0v) is 16.9. The van der Waals surface area contributed by atoms with Gasteiger partial charge in [-0.1, -0.05) is 19.1 Å². The minimum absolute atomic E-state index is 0.570. The largest absolute Gasteiger partial charge is 0.495 e. The lowest BCUT2D eigenvalue weighted by atomic mass is 10.0. The van der Waals surface area contributed by atoms with Crippen LogP contribution in [0.1, 0.15) is 32.6 Å². The second-order valence-electron chi connectivity index (χ2n) is 7.51. The molecule has 1 aromatic carbocycles. The molecule has 2 fully saturated rings. The van der Waals surface area contributed by atoms with E-state index in [2.05, 4.69) is 44.0 Å². The number of aromatic nitrogens is 3. The number of hydrogen-bond donors (Lipinski definition) is 0. The van der Waals surface area contributed by atoms with Crippen LogP contribution in [0.15, 0.2) is 30.5 Å². The highest BCUT2D eigenvalue weighted by atomic mass is 16.5. The van der Waals surface area contributed by atoms with Gasteiger partial charge in [0.1, 0.15) is 5.75 Å². The summed E-state index contributed by atoms with van der Waals surface area (Å²) in [5.74, 6) is 2.65. The van der Waals surface area contributed by atoms with E-state index in [0.717, 1.165) is 62.3 Å². The van der Waals surface area contributed by atoms with Crippen LogP contribution in [0.2, 0.25) is 0 Å². The summed E-state index contributed by atoms with van der Waals surface area (Å²) in [6.07, 6.45) is 6.76. The highest BCUT2D eigenvalue weighted by Crippen LogP contribution is 2.29. The van der Waals surface area contributed by atoms with Crippen molar-refractivity contribution in [2.75, 3.05) is 54.5 Å². The van der Waals surface area contributed by atoms with E-state index < -0.39 is 0 Å². The number of para-hydroxylation sites is 2. The van der Waals surface area contributed by atoms with Crippen molar-refractivity contribution < 1.29 is 4.74 Å². The summed E-state index contributed by atoms with van der Waals surface area (Å²) in [7, 11) is 1.73. The fraction of sp³-hybridized carbons (Fsp3) is 0.571. The molecule has 0 spiro atoms. The summed E-state index contributed by atoms with van der Waals surface area (Å²) in [5, 5.41) is 8.61. The molecule has 2 aromatic rings. The van der Waals surface area contributed by atoms with E-state index in [1.54, 1.807) is 7.11 Å². The van der Waals surface area contributed by atoms with E-state index in [1.165, 1.54) is 19.3 Å². The second-order valence-corrected chi connectivity index (χ2v) is 7.51. The molecule has 2 saturated heterocycles. The van der Waals surface area contributed by atoms with Crippen LogP contribution in [0.3, 0.4) is 0 Å². The van der Waals surface area contributed by atoms with Gasteiger partial charge in [-0.2, -0.15) is 10.1 Å². The number of ether oxygens (including phenoxy) is 1. The van der Waals surface area contributed by atoms with Crippen LogP contribution in [0, 0.1) is 0 Å². The standard InChI is InChI=1S/C21H30N6O/c1-3-17-8-6-7-11-27(17)20-16-22-24-21(23-20)26-14-12-25(13-15-26)18-9-4-5-10-19(18)28-2/h4-5,9-10,16-17H,3,6-8,11-15H2,1-2H3. The Kier molecular flexibility index (Phi) is 5.78. The Morgan fingerprint density at radius 1 is 1.04 bits per heavy atom. The lowest BCUT2D eigenvalue weighted by Crippen LogP contribution is -2.47. The van der Waals surface area contributed by atoms with Crippen LogP contribution in [0.4, 0.5) is 17.5 Å². The van der Waals surface area contributed by atoms with Gasteiger partial charge >= 0.3 is 0 Å². The third-order valence-electron chi connectivity index (χ3n) is 5.92. The fourth-order valence-corrected chi connectivity index (χ4v) is 4.32. The third-order valence-corrected chi connectivity index (χ3v) is 5.92. The molecular formula is C21H30N6O. The van der Waals surface area contributed by atoms with Crippen molar-refractivity contribution >= 4 is 17.5 Å². The van der Waals surface area contributed by atoms with Crippen LogP contribution >= 0.6 is 0 Å². The Morgan fingerprint density at radius 2 is 1.82 bits per heavy atom. The number of benzene rings is 1. The molecule has 1 atom stereocenters. The summed E-state index contributed by atoms with van der Waals surface area (Å²) >= 11 is 0.